The lowest BCUT2D eigenvalue weighted by Crippen LogP contribution is -2.57. The van der Waals surface area contributed by atoms with Crippen LogP contribution in [0.15, 0.2) is 30.5 Å². The second kappa shape index (κ2) is 13.8. The normalized spacial score (nSPS) is 13.4. The van der Waals surface area contributed by atoms with Crippen molar-refractivity contribution < 1.29 is 29.1 Å². The second-order valence-electron chi connectivity index (χ2n) is 8.36. The molecule has 0 aliphatic rings. The molecule has 0 saturated heterocycles. The van der Waals surface area contributed by atoms with Gasteiger partial charge in [-0.05, 0) is 37.4 Å². The van der Waals surface area contributed by atoms with Gasteiger partial charge in [0.15, 0.2) is 0 Å². The Hall–Kier alpha value is -3.97. The number of primary amides is 1. The summed E-state index contributed by atoms with van der Waals surface area (Å²) in [7, 11) is 0. The zero-order valence-electron chi connectivity index (χ0n) is 19.8. The summed E-state index contributed by atoms with van der Waals surface area (Å²) in [5.74, 6) is -4.12. The van der Waals surface area contributed by atoms with E-state index in [1.807, 2.05) is 24.3 Å². The molecule has 3 unspecified atom stereocenters. The topological polar surface area (TPSA) is 236 Å². The molecule has 11 N–H and O–H groups in total. The number of hydrogen-bond acceptors (Lipinski definition) is 7. The maximum Gasteiger partial charge on any atom is 0.322 e. The number of rotatable bonds is 15. The fourth-order valence-electron chi connectivity index (χ4n) is 3.64. The lowest BCUT2D eigenvalue weighted by Gasteiger charge is -2.24. The standard InChI is InChI=1S/C23H33N7O6/c24-8-4-3-7-17(22(35)28-12-20(32)33)29-23(36)18(30-21(34)15(25)10-19(26)31)9-13-11-27-16-6-2-1-5-14(13)16/h1-2,5-6,11,15,17-18,27H,3-4,7-10,12,24-25H2,(H2,26,31)(H,28,35)(H,29,36)(H,30,34)(H,32,33). The number of nitrogens with one attached hydrogen (secondary N) is 4. The van der Waals surface area contributed by atoms with Crippen molar-refractivity contribution in [2.24, 2.45) is 17.2 Å². The quantitative estimate of drug-likeness (QED) is 0.129. The minimum absolute atomic E-state index is 0.0527. The molecule has 4 amide bonds. The zero-order chi connectivity index (χ0) is 26.7. The van der Waals surface area contributed by atoms with Gasteiger partial charge in [0.1, 0.15) is 18.6 Å². The number of H-pyrrole nitrogens is 1. The number of aliphatic carboxylic acids is 1. The van der Waals surface area contributed by atoms with Crippen LogP contribution in [0.3, 0.4) is 0 Å². The lowest BCUT2D eigenvalue weighted by molar-refractivity contribution is -0.138. The maximum atomic E-state index is 13.3. The molecule has 13 heteroatoms. The van der Waals surface area contributed by atoms with Crippen LogP contribution >= 0.6 is 0 Å². The number of benzene rings is 1. The molecule has 36 heavy (non-hydrogen) atoms. The molecule has 2 rings (SSSR count). The molecule has 1 aromatic heterocycles. The third-order valence-electron chi connectivity index (χ3n) is 5.48. The average molecular weight is 504 g/mol. The highest BCUT2D eigenvalue weighted by Gasteiger charge is 2.29. The van der Waals surface area contributed by atoms with E-state index in [9.17, 15) is 24.0 Å². The Balaban J connectivity index is 2.25. The molecule has 0 saturated carbocycles. The number of nitrogens with two attached hydrogens (primary N) is 3. The molecule has 2 aromatic rings. The van der Waals surface area contributed by atoms with E-state index in [1.54, 1.807) is 6.20 Å². The van der Waals surface area contributed by atoms with Gasteiger partial charge in [0.25, 0.3) is 0 Å². The smallest absolute Gasteiger partial charge is 0.322 e. The van der Waals surface area contributed by atoms with Gasteiger partial charge < -0.3 is 43.2 Å². The summed E-state index contributed by atoms with van der Waals surface area (Å²) in [4.78, 5) is 63.6. The van der Waals surface area contributed by atoms with Crippen molar-refractivity contribution >= 4 is 40.5 Å². The van der Waals surface area contributed by atoms with Crippen LogP contribution in [0.5, 0.6) is 0 Å². The molecule has 0 bridgehead atoms. The monoisotopic (exact) mass is 503 g/mol. The number of fused-ring (bicyclic) bond motifs is 1. The van der Waals surface area contributed by atoms with Gasteiger partial charge >= 0.3 is 5.97 Å². The minimum atomic E-state index is -1.26. The summed E-state index contributed by atoms with van der Waals surface area (Å²) < 4.78 is 0. The number of carbonyl (C=O) groups is 5. The molecule has 0 spiro atoms. The van der Waals surface area contributed by atoms with Crippen LogP contribution in [0.25, 0.3) is 10.9 Å². The van der Waals surface area contributed by atoms with Gasteiger partial charge in [0.2, 0.25) is 23.6 Å². The number of aromatic nitrogens is 1. The molecule has 1 aromatic carbocycles. The van der Waals surface area contributed by atoms with Crippen LogP contribution in [0, 0.1) is 0 Å². The third kappa shape index (κ3) is 8.67. The van der Waals surface area contributed by atoms with E-state index >= 15 is 0 Å². The van der Waals surface area contributed by atoms with Crippen molar-refractivity contribution in [3.8, 4) is 0 Å². The first-order valence-electron chi connectivity index (χ1n) is 11.5. The van der Waals surface area contributed by atoms with Crippen LogP contribution in [0.2, 0.25) is 0 Å². The summed E-state index contributed by atoms with van der Waals surface area (Å²) in [6, 6.07) is 3.92. The van der Waals surface area contributed by atoms with Crippen LogP contribution in [-0.4, -0.2) is 70.9 Å². The van der Waals surface area contributed by atoms with E-state index in [2.05, 4.69) is 20.9 Å². The van der Waals surface area contributed by atoms with Gasteiger partial charge in [-0.1, -0.05) is 18.2 Å². The number of carboxylic acids is 1. The summed E-state index contributed by atoms with van der Waals surface area (Å²) in [6.45, 7) is -0.228. The highest BCUT2D eigenvalue weighted by molar-refractivity contribution is 5.95. The Morgan fingerprint density at radius 1 is 0.972 bits per heavy atom. The molecule has 13 nitrogen and oxygen atoms in total. The van der Waals surface area contributed by atoms with E-state index in [-0.39, 0.29) is 12.8 Å². The van der Waals surface area contributed by atoms with Crippen molar-refractivity contribution in [1.29, 1.82) is 0 Å². The summed E-state index contributed by atoms with van der Waals surface area (Å²) in [6.07, 6.45) is 2.66. The van der Waals surface area contributed by atoms with Crippen LogP contribution < -0.4 is 33.2 Å². The van der Waals surface area contributed by atoms with Gasteiger partial charge in [-0.2, -0.15) is 0 Å². The Kier molecular flexibility index (Phi) is 10.8. The highest BCUT2D eigenvalue weighted by atomic mass is 16.4. The molecule has 1 heterocycles. The van der Waals surface area contributed by atoms with Gasteiger partial charge in [-0.3, -0.25) is 24.0 Å². The first-order valence-corrected chi connectivity index (χ1v) is 11.5. The van der Waals surface area contributed by atoms with Gasteiger partial charge in [0, 0.05) is 23.5 Å². The minimum Gasteiger partial charge on any atom is -0.480 e. The summed E-state index contributed by atoms with van der Waals surface area (Å²) in [5.41, 5.74) is 17.9. The number of aromatic amines is 1. The van der Waals surface area contributed by atoms with Gasteiger partial charge in [0.05, 0.1) is 12.5 Å². The first kappa shape index (κ1) is 28.3. The van der Waals surface area contributed by atoms with E-state index in [0.29, 0.717) is 19.4 Å². The molecule has 3 atom stereocenters. The number of amides is 4. The predicted octanol–water partition coefficient (Wildman–Crippen LogP) is -1.79. The molecule has 0 radical (unpaired) electrons. The highest BCUT2D eigenvalue weighted by Crippen LogP contribution is 2.19. The Morgan fingerprint density at radius 2 is 1.67 bits per heavy atom. The lowest BCUT2D eigenvalue weighted by atomic mass is 10.0. The predicted molar refractivity (Wildman–Crippen MR) is 131 cm³/mol. The number of carbonyl (C=O) groups excluding carboxylic acids is 4. The Morgan fingerprint density at radius 3 is 2.33 bits per heavy atom. The van der Waals surface area contributed by atoms with E-state index in [0.717, 1.165) is 16.5 Å². The molecule has 0 aliphatic carbocycles. The molecule has 0 fully saturated rings. The largest absolute Gasteiger partial charge is 0.480 e. The fraction of sp³-hybridized carbons (Fsp3) is 0.435. The van der Waals surface area contributed by atoms with Crippen molar-refractivity contribution in [2.75, 3.05) is 13.1 Å². The average Bonchev–Trinajstić information content (AvgIpc) is 3.23. The molecular formula is C23H33N7O6. The number of para-hydroxylation sites is 1. The van der Waals surface area contributed by atoms with E-state index < -0.39 is 60.7 Å². The molecule has 0 aliphatic heterocycles. The third-order valence-corrected chi connectivity index (χ3v) is 5.48. The van der Waals surface area contributed by atoms with Gasteiger partial charge in [-0.15, -0.1) is 0 Å². The number of carboxylic acid groups (broad SMARTS) is 1. The van der Waals surface area contributed by atoms with E-state index in [1.165, 1.54) is 0 Å². The van der Waals surface area contributed by atoms with Gasteiger partial charge in [-0.25, -0.2) is 0 Å². The second-order valence-corrected chi connectivity index (χ2v) is 8.36. The van der Waals surface area contributed by atoms with Crippen molar-refractivity contribution in [3.63, 3.8) is 0 Å². The molecule has 196 valence electrons. The zero-order valence-corrected chi connectivity index (χ0v) is 19.8. The maximum absolute atomic E-state index is 13.3. The van der Waals surface area contributed by atoms with Crippen LogP contribution in [-0.2, 0) is 30.4 Å². The SMILES string of the molecule is NCCCCC(NC(=O)C(Cc1c[nH]c2ccccc12)NC(=O)C(N)CC(N)=O)C(=O)NCC(=O)O. The summed E-state index contributed by atoms with van der Waals surface area (Å²) in [5, 5.41) is 17.1. The fourth-order valence-corrected chi connectivity index (χ4v) is 3.64. The molecular weight excluding hydrogens is 470 g/mol. The van der Waals surface area contributed by atoms with Crippen molar-refractivity contribution in [3.05, 3.63) is 36.0 Å². The number of hydrogen-bond donors (Lipinski definition) is 8. The Bertz CT molecular complexity index is 1090. The van der Waals surface area contributed by atoms with Crippen molar-refractivity contribution in [2.45, 2.75) is 50.2 Å². The van der Waals surface area contributed by atoms with Crippen LogP contribution in [0.1, 0.15) is 31.2 Å². The summed E-state index contributed by atoms with van der Waals surface area (Å²) >= 11 is 0. The van der Waals surface area contributed by atoms with Crippen molar-refractivity contribution in [1.82, 2.24) is 20.9 Å². The first-order chi connectivity index (χ1) is 17.1. The van der Waals surface area contributed by atoms with E-state index in [4.69, 9.17) is 22.3 Å². The van der Waals surface area contributed by atoms with Crippen LogP contribution in [0.4, 0.5) is 0 Å². The Labute approximate surface area is 207 Å². The number of unbranched alkanes of at least 4 members (excludes halogenated alkanes) is 1.